The first kappa shape index (κ1) is 13.8. The lowest BCUT2D eigenvalue weighted by molar-refractivity contribution is -0.122. The zero-order valence-corrected chi connectivity index (χ0v) is 11.3. The molecule has 5 nitrogen and oxygen atoms in total. The van der Waals surface area contributed by atoms with E-state index in [2.05, 4.69) is 24.5 Å². The fourth-order valence-electron chi connectivity index (χ4n) is 2.47. The lowest BCUT2D eigenvalue weighted by Gasteiger charge is -2.29. The minimum atomic E-state index is -0.0764. The highest BCUT2D eigenvalue weighted by atomic mass is 16.5. The molecule has 0 aliphatic carbocycles. The quantitative estimate of drug-likeness (QED) is 0.766. The molecule has 2 saturated heterocycles. The van der Waals surface area contributed by atoms with Gasteiger partial charge in [0.25, 0.3) is 0 Å². The Balaban J connectivity index is 1.71. The zero-order valence-electron chi connectivity index (χ0n) is 11.3. The van der Waals surface area contributed by atoms with Crippen LogP contribution in [0.3, 0.4) is 0 Å². The first-order valence-electron chi connectivity index (χ1n) is 6.84. The first-order valence-corrected chi connectivity index (χ1v) is 6.84. The van der Waals surface area contributed by atoms with Crippen LogP contribution in [0.15, 0.2) is 0 Å². The van der Waals surface area contributed by atoms with E-state index < -0.39 is 0 Å². The van der Waals surface area contributed by atoms with Gasteiger partial charge in [-0.2, -0.15) is 0 Å². The molecule has 2 rings (SSSR count). The highest BCUT2D eigenvalue weighted by molar-refractivity contribution is 5.78. The predicted molar refractivity (Wildman–Crippen MR) is 68.4 cm³/mol. The summed E-state index contributed by atoms with van der Waals surface area (Å²) in [4.78, 5) is 11.9. The molecular formula is C13H24N2O3. The van der Waals surface area contributed by atoms with Gasteiger partial charge >= 0.3 is 0 Å². The number of carbonyl (C=O) groups is 1. The van der Waals surface area contributed by atoms with Crippen LogP contribution in [-0.4, -0.2) is 50.0 Å². The second-order valence-corrected chi connectivity index (χ2v) is 5.49. The van der Waals surface area contributed by atoms with Crippen molar-refractivity contribution >= 4 is 5.91 Å². The Morgan fingerprint density at radius 1 is 1.33 bits per heavy atom. The molecule has 2 aliphatic rings. The molecule has 2 fully saturated rings. The molecule has 0 aromatic carbocycles. The van der Waals surface area contributed by atoms with Gasteiger partial charge in [-0.05, 0) is 33.1 Å². The van der Waals surface area contributed by atoms with E-state index in [9.17, 15) is 4.79 Å². The Kier molecular flexibility index (Phi) is 4.59. The number of amides is 1. The molecular weight excluding hydrogens is 232 g/mol. The summed E-state index contributed by atoms with van der Waals surface area (Å²) >= 11 is 0. The number of rotatable bonds is 4. The minimum absolute atomic E-state index is 0.0715. The van der Waals surface area contributed by atoms with Crippen LogP contribution >= 0.6 is 0 Å². The van der Waals surface area contributed by atoms with E-state index in [1.165, 1.54) is 0 Å². The Labute approximate surface area is 109 Å². The minimum Gasteiger partial charge on any atom is -0.381 e. The van der Waals surface area contributed by atoms with Gasteiger partial charge in [0.1, 0.15) is 0 Å². The van der Waals surface area contributed by atoms with Gasteiger partial charge in [-0.25, -0.2) is 0 Å². The smallest absolute Gasteiger partial charge is 0.234 e. The molecule has 5 heteroatoms. The van der Waals surface area contributed by atoms with Crippen LogP contribution in [0.5, 0.6) is 0 Å². The summed E-state index contributed by atoms with van der Waals surface area (Å²) in [5, 5.41) is 6.38. The molecule has 0 radical (unpaired) electrons. The van der Waals surface area contributed by atoms with E-state index in [0.29, 0.717) is 6.54 Å². The third-order valence-corrected chi connectivity index (χ3v) is 4.13. The van der Waals surface area contributed by atoms with Crippen LogP contribution in [0.1, 0.15) is 33.1 Å². The molecule has 2 atom stereocenters. The van der Waals surface area contributed by atoms with Crippen LogP contribution in [0.2, 0.25) is 0 Å². The van der Waals surface area contributed by atoms with E-state index >= 15 is 0 Å². The third-order valence-electron chi connectivity index (χ3n) is 4.13. The number of ether oxygens (including phenoxy) is 2. The van der Waals surface area contributed by atoms with E-state index in [1.807, 2.05) is 0 Å². The fraction of sp³-hybridized carbons (Fsp3) is 0.923. The first-order chi connectivity index (χ1) is 8.60. The van der Waals surface area contributed by atoms with Gasteiger partial charge in [0.05, 0.1) is 12.6 Å². The maximum atomic E-state index is 11.9. The Morgan fingerprint density at radius 2 is 2.06 bits per heavy atom. The van der Waals surface area contributed by atoms with Crippen molar-refractivity contribution in [2.75, 3.05) is 26.4 Å². The van der Waals surface area contributed by atoms with Crippen molar-refractivity contribution in [2.45, 2.75) is 50.8 Å². The topological polar surface area (TPSA) is 59.6 Å². The molecule has 2 unspecified atom stereocenters. The standard InChI is InChI=1S/C13H24N2O3/c1-10-13(2,5-8-18-10)14-9-12(16)15-11-3-6-17-7-4-11/h10-11,14H,3-9H2,1-2H3,(H,15,16). The van der Waals surface area contributed by atoms with E-state index in [1.54, 1.807) is 0 Å². The summed E-state index contributed by atoms with van der Waals surface area (Å²) < 4.78 is 10.8. The van der Waals surface area contributed by atoms with E-state index in [0.717, 1.165) is 39.1 Å². The number of carbonyl (C=O) groups excluding carboxylic acids is 1. The fourth-order valence-corrected chi connectivity index (χ4v) is 2.47. The summed E-state index contributed by atoms with van der Waals surface area (Å²) in [7, 11) is 0. The van der Waals surface area contributed by atoms with Gasteiger partial charge in [-0.3, -0.25) is 4.79 Å². The van der Waals surface area contributed by atoms with E-state index in [4.69, 9.17) is 9.47 Å². The summed E-state index contributed by atoms with van der Waals surface area (Å²) in [6.07, 6.45) is 2.96. The lowest BCUT2D eigenvalue weighted by atomic mass is 9.95. The van der Waals surface area contributed by atoms with Crippen molar-refractivity contribution in [1.29, 1.82) is 0 Å². The van der Waals surface area contributed by atoms with Gasteiger partial charge in [-0.1, -0.05) is 0 Å². The molecule has 0 bridgehead atoms. The lowest BCUT2D eigenvalue weighted by Crippen LogP contribution is -2.52. The van der Waals surface area contributed by atoms with Crippen molar-refractivity contribution in [1.82, 2.24) is 10.6 Å². The molecule has 18 heavy (non-hydrogen) atoms. The Morgan fingerprint density at radius 3 is 2.67 bits per heavy atom. The predicted octanol–water partition coefficient (Wildman–Crippen LogP) is 0.439. The van der Waals surface area contributed by atoms with Crippen LogP contribution in [0.4, 0.5) is 0 Å². The van der Waals surface area contributed by atoms with Crippen LogP contribution in [0, 0.1) is 0 Å². The van der Waals surface area contributed by atoms with Crippen LogP contribution < -0.4 is 10.6 Å². The van der Waals surface area contributed by atoms with Gasteiger partial charge in [0, 0.05) is 31.4 Å². The number of hydrogen-bond donors (Lipinski definition) is 2. The molecule has 104 valence electrons. The van der Waals surface area contributed by atoms with Gasteiger partial charge in [0.15, 0.2) is 0 Å². The van der Waals surface area contributed by atoms with Crippen molar-refractivity contribution in [3.63, 3.8) is 0 Å². The summed E-state index contributed by atoms with van der Waals surface area (Å²) in [6.45, 7) is 6.80. The molecule has 1 amide bonds. The van der Waals surface area contributed by atoms with Gasteiger partial charge in [-0.15, -0.1) is 0 Å². The summed E-state index contributed by atoms with van der Waals surface area (Å²) in [5.41, 5.74) is -0.0764. The van der Waals surface area contributed by atoms with Crippen LogP contribution in [-0.2, 0) is 14.3 Å². The van der Waals surface area contributed by atoms with Crippen molar-refractivity contribution in [3.05, 3.63) is 0 Å². The number of nitrogens with one attached hydrogen (secondary N) is 2. The Bertz CT molecular complexity index is 292. The Hall–Kier alpha value is -0.650. The maximum Gasteiger partial charge on any atom is 0.234 e. The monoisotopic (exact) mass is 256 g/mol. The SMILES string of the molecule is CC1OCCC1(C)NCC(=O)NC1CCOCC1. The molecule has 0 aromatic heterocycles. The average molecular weight is 256 g/mol. The molecule has 0 saturated carbocycles. The second-order valence-electron chi connectivity index (χ2n) is 5.49. The molecule has 2 aliphatic heterocycles. The largest absolute Gasteiger partial charge is 0.381 e. The number of hydrogen-bond acceptors (Lipinski definition) is 4. The van der Waals surface area contributed by atoms with Crippen LogP contribution in [0.25, 0.3) is 0 Å². The van der Waals surface area contributed by atoms with Crippen molar-refractivity contribution < 1.29 is 14.3 Å². The third kappa shape index (κ3) is 3.43. The van der Waals surface area contributed by atoms with Crippen molar-refractivity contribution in [2.24, 2.45) is 0 Å². The highest BCUT2D eigenvalue weighted by Gasteiger charge is 2.36. The second kappa shape index (κ2) is 5.99. The van der Waals surface area contributed by atoms with E-state index in [-0.39, 0.29) is 23.6 Å². The normalized spacial score (nSPS) is 33.6. The zero-order chi connectivity index (χ0) is 13.0. The molecule has 2 N–H and O–H groups in total. The van der Waals surface area contributed by atoms with Gasteiger partial charge < -0.3 is 20.1 Å². The summed E-state index contributed by atoms with van der Waals surface area (Å²) in [6, 6.07) is 0.276. The average Bonchev–Trinajstić information content (AvgIpc) is 2.69. The molecule has 0 spiro atoms. The summed E-state index contributed by atoms with van der Waals surface area (Å²) in [5.74, 6) is 0.0715. The van der Waals surface area contributed by atoms with Crippen molar-refractivity contribution in [3.8, 4) is 0 Å². The van der Waals surface area contributed by atoms with Gasteiger partial charge in [0.2, 0.25) is 5.91 Å². The molecule has 2 heterocycles. The highest BCUT2D eigenvalue weighted by Crippen LogP contribution is 2.24. The maximum absolute atomic E-state index is 11.9. The molecule has 0 aromatic rings.